The molecule has 0 aromatic carbocycles. The van der Waals surface area contributed by atoms with Crippen LogP contribution in [0.3, 0.4) is 0 Å². The smallest absolute Gasteiger partial charge is 0.358 e. The SMILES string of the molecule is CCOC(=O)c1ncn2c1CN(C)C(=O)c1cnccc1-2. The van der Waals surface area contributed by atoms with Crippen LogP contribution in [0, 0.1) is 0 Å². The summed E-state index contributed by atoms with van der Waals surface area (Å²) in [5.41, 5.74) is 2.01. The molecule has 3 heterocycles. The van der Waals surface area contributed by atoms with Gasteiger partial charge in [-0.15, -0.1) is 0 Å². The predicted molar refractivity (Wildman–Crippen MR) is 73.1 cm³/mol. The molecule has 7 heteroatoms. The number of imidazole rings is 1. The summed E-state index contributed by atoms with van der Waals surface area (Å²) in [5, 5.41) is 0. The van der Waals surface area contributed by atoms with Gasteiger partial charge in [-0.05, 0) is 13.0 Å². The van der Waals surface area contributed by atoms with Gasteiger partial charge in [0.05, 0.1) is 30.1 Å². The summed E-state index contributed by atoms with van der Waals surface area (Å²) in [5.74, 6) is -0.624. The summed E-state index contributed by atoms with van der Waals surface area (Å²) in [6.07, 6.45) is 4.66. The first-order valence-corrected chi connectivity index (χ1v) is 6.56. The molecule has 0 unspecified atom stereocenters. The summed E-state index contributed by atoms with van der Waals surface area (Å²) in [7, 11) is 1.68. The van der Waals surface area contributed by atoms with Crippen LogP contribution >= 0.6 is 0 Å². The lowest BCUT2D eigenvalue weighted by molar-refractivity contribution is 0.0516. The van der Waals surface area contributed by atoms with E-state index < -0.39 is 5.97 Å². The number of pyridine rings is 1. The Bertz CT molecular complexity index is 723. The Kier molecular flexibility index (Phi) is 3.17. The fourth-order valence-electron chi connectivity index (χ4n) is 2.37. The van der Waals surface area contributed by atoms with E-state index in [4.69, 9.17) is 4.74 Å². The van der Waals surface area contributed by atoms with Gasteiger partial charge in [0.25, 0.3) is 5.91 Å². The van der Waals surface area contributed by atoms with E-state index in [0.29, 0.717) is 16.9 Å². The third-order valence-corrected chi connectivity index (χ3v) is 3.36. The number of aromatic nitrogens is 3. The van der Waals surface area contributed by atoms with Crippen LogP contribution in [-0.4, -0.2) is 45.0 Å². The van der Waals surface area contributed by atoms with Crippen LogP contribution in [0.2, 0.25) is 0 Å². The largest absolute Gasteiger partial charge is 0.461 e. The average Bonchev–Trinajstić information content (AvgIpc) is 2.86. The zero-order valence-corrected chi connectivity index (χ0v) is 11.7. The second-order valence-electron chi connectivity index (χ2n) is 4.68. The minimum atomic E-state index is -0.482. The summed E-state index contributed by atoms with van der Waals surface area (Å²) in [6, 6.07) is 1.73. The van der Waals surface area contributed by atoms with Crippen molar-refractivity contribution in [3.8, 4) is 5.69 Å². The molecule has 1 amide bonds. The highest BCUT2D eigenvalue weighted by Crippen LogP contribution is 2.25. The number of ether oxygens (including phenoxy) is 1. The van der Waals surface area contributed by atoms with Gasteiger partial charge in [0.2, 0.25) is 0 Å². The number of hydrogen-bond acceptors (Lipinski definition) is 5. The van der Waals surface area contributed by atoms with Gasteiger partial charge in [-0.2, -0.15) is 0 Å². The second kappa shape index (κ2) is 5.01. The number of fused-ring (bicyclic) bond motifs is 3. The van der Waals surface area contributed by atoms with Crippen LogP contribution in [0.1, 0.15) is 33.5 Å². The minimum absolute atomic E-state index is 0.142. The van der Waals surface area contributed by atoms with Crippen molar-refractivity contribution < 1.29 is 14.3 Å². The number of carbonyl (C=O) groups excluding carboxylic acids is 2. The van der Waals surface area contributed by atoms with Gasteiger partial charge < -0.3 is 9.64 Å². The molecule has 0 fully saturated rings. The molecule has 0 N–H and O–H groups in total. The van der Waals surface area contributed by atoms with Gasteiger partial charge >= 0.3 is 5.97 Å². The molecule has 0 saturated heterocycles. The van der Waals surface area contributed by atoms with Gasteiger partial charge in [0.15, 0.2) is 5.69 Å². The molecule has 1 aliphatic rings. The average molecular weight is 286 g/mol. The highest BCUT2D eigenvalue weighted by atomic mass is 16.5. The fraction of sp³-hybridized carbons (Fsp3) is 0.286. The van der Waals surface area contributed by atoms with Crippen LogP contribution in [0.15, 0.2) is 24.8 Å². The first-order chi connectivity index (χ1) is 10.1. The molecule has 0 aliphatic carbocycles. The first kappa shape index (κ1) is 13.3. The zero-order chi connectivity index (χ0) is 15.0. The number of rotatable bonds is 2. The molecule has 0 spiro atoms. The standard InChI is InChI=1S/C14H14N4O3/c1-3-21-14(20)12-11-7-17(2)13(19)9-6-15-5-4-10(9)18(11)8-16-12/h4-6,8H,3,7H2,1-2H3. The van der Waals surface area contributed by atoms with Gasteiger partial charge in [-0.25, -0.2) is 9.78 Å². The lowest BCUT2D eigenvalue weighted by atomic mass is 10.2. The second-order valence-corrected chi connectivity index (χ2v) is 4.68. The highest BCUT2D eigenvalue weighted by molar-refractivity contribution is 5.98. The molecule has 7 nitrogen and oxygen atoms in total. The first-order valence-electron chi connectivity index (χ1n) is 6.56. The van der Waals surface area contributed by atoms with Crippen molar-refractivity contribution in [2.24, 2.45) is 0 Å². The van der Waals surface area contributed by atoms with Crippen LogP contribution in [0.5, 0.6) is 0 Å². The molecule has 0 radical (unpaired) electrons. The van der Waals surface area contributed by atoms with E-state index in [1.807, 2.05) is 0 Å². The van der Waals surface area contributed by atoms with Gasteiger partial charge in [0.1, 0.15) is 6.33 Å². The quantitative estimate of drug-likeness (QED) is 0.771. The maximum absolute atomic E-state index is 12.3. The summed E-state index contributed by atoms with van der Waals surface area (Å²) < 4.78 is 6.75. The van der Waals surface area contributed by atoms with Crippen molar-refractivity contribution in [1.29, 1.82) is 0 Å². The maximum Gasteiger partial charge on any atom is 0.358 e. The van der Waals surface area contributed by atoms with Crippen molar-refractivity contribution >= 4 is 11.9 Å². The van der Waals surface area contributed by atoms with E-state index in [1.165, 1.54) is 17.4 Å². The fourth-order valence-corrected chi connectivity index (χ4v) is 2.37. The number of carbonyl (C=O) groups is 2. The number of esters is 1. The molecule has 0 atom stereocenters. The molecule has 108 valence electrons. The Hall–Kier alpha value is -2.70. The van der Waals surface area contributed by atoms with Crippen molar-refractivity contribution in [2.75, 3.05) is 13.7 Å². The van der Waals surface area contributed by atoms with Crippen molar-refractivity contribution in [3.63, 3.8) is 0 Å². The summed E-state index contributed by atoms with van der Waals surface area (Å²) in [4.78, 5) is 34.0. The minimum Gasteiger partial charge on any atom is -0.461 e. The molecule has 3 rings (SSSR count). The van der Waals surface area contributed by atoms with Gasteiger partial charge in [0, 0.05) is 19.4 Å². The third-order valence-electron chi connectivity index (χ3n) is 3.36. The number of amides is 1. The summed E-state index contributed by atoms with van der Waals surface area (Å²) >= 11 is 0. The Morgan fingerprint density at radius 1 is 1.48 bits per heavy atom. The zero-order valence-electron chi connectivity index (χ0n) is 11.7. The molecule has 2 aromatic rings. The van der Waals surface area contributed by atoms with Crippen molar-refractivity contribution in [3.05, 3.63) is 41.7 Å². The van der Waals surface area contributed by atoms with E-state index in [0.717, 1.165) is 0 Å². The van der Waals surface area contributed by atoms with Gasteiger partial charge in [-0.1, -0.05) is 0 Å². The number of hydrogen-bond donors (Lipinski definition) is 0. The van der Waals surface area contributed by atoms with E-state index in [-0.39, 0.29) is 24.8 Å². The van der Waals surface area contributed by atoms with E-state index in [9.17, 15) is 9.59 Å². The molecule has 21 heavy (non-hydrogen) atoms. The Labute approximate surface area is 121 Å². The lowest BCUT2D eigenvalue weighted by Gasteiger charge is -2.14. The van der Waals surface area contributed by atoms with Crippen LogP contribution in [0.25, 0.3) is 5.69 Å². The normalized spacial score (nSPS) is 13.4. The van der Waals surface area contributed by atoms with Crippen molar-refractivity contribution in [1.82, 2.24) is 19.4 Å². The molecule has 0 saturated carbocycles. The Morgan fingerprint density at radius 2 is 2.29 bits per heavy atom. The predicted octanol–water partition coefficient (Wildman–Crippen LogP) is 1.03. The topological polar surface area (TPSA) is 77.3 Å². The monoisotopic (exact) mass is 286 g/mol. The van der Waals surface area contributed by atoms with Crippen molar-refractivity contribution in [2.45, 2.75) is 13.5 Å². The van der Waals surface area contributed by atoms with Crippen LogP contribution in [-0.2, 0) is 11.3 Å². The highest BCUT2D eigenvalue weighted by Gasteiger charge is 2.28. The molecule has 1 aliphatic heterocycles. The third kappa shape index (κ3) is 2.06. The maximum atomic E-state index is 12.3. The summed E-state index contributed by atoms with van der Waals surface area (Å²) in [6.45, 7) is 2.30. The molecular formula is C14H14N4O3. The van der Waals surface area contributed by atoms with Crippen LogP contribution < -0.4 is 0 Å². The Morgan fingerprint density at radius 3 is 3.05 bits per heavy atom. The van der Waals surface area contributed by atoms with Gasteiger partial charge in [-0.3, -0.25) is 14.3 Å². The van der Waals surface area contributed by atoms with Crippen LogP contribution in [0.4, 0.5) is 0 Å². The molecule has 0 bridgehead atoms. The molecule has 2 aromatic heterocycles. The molecular weight excluding hydrogens is 272 g/mol. The van der Waals surface area contributed by atoms with E-state index in [2.05, 4.69) is 9.97 Å². The number of nitrogens with zero attached hydrogens (tertiary/aromatic N) is 4. The Balaban J connectivity index is 2.18. The van der Waals surface area contributed by atoms with E-state index in [1.54, 1.807) is 30.8 Å². The van der Waals surface area contributed by atoms with E-state index >= 15 is 0 Å². The lowest BCUT2D eigenvalue weighted by Crippen LogP contribution is -2.26.